The van der Waals surface area contributed by atoms with E-state index in [1.54, 1.807) is 0 Å². The minimum absolute atomic E-state index is 0.0153. The third kappa shape index (κ3) is 4.12. The molecule has 1 aliphatic rings. The molecule has 2 nitrogen and oxygen atoms in total. The van der Waals surface area contributed by atoms with Crippen LogP contribution in [0.2, 0.25) is 0 Å². The van der Waals surface area contributed by atoms with Gasteiger partial charge in [0.2, 0.25) is 0 Å². The van der Waals surface area contributed by atoms with E-state index in [4.69, 9.17) is 4.74 Å². The van der Waals surface area contributed by atoms with Gasteiger partial charge in [0.1, 0.15) is 0 Å². The minimum Gasteiger partial charge on any atom is -0.465 e. The van der Waals surface area contributed by atoms with Crippen molar-refractivity contribution >= 4 is 5.97 Å². The van der Waals surface area contributed by atoms with Crippen molar-refractivity contribution in [2.24, 2.45) is 11.8 Å². The number of carbonyl (C=O) groups excluding carboxylic acids is 1. The standard InChI is InChI=1S/C12H22O2/c1-10(2)12(13)14-9-5-8-11-6-3-4-7-11/h10-11H,3-9H2,1-2H3. The molecule has 0 bridgehead atoms. The van der Waals surface area contributed by atoms with Crippen molar-refractivity contribution in [3.05, 3.63) is 0 Å². The Morgan fingerprint density at radius 1 is 1.36 bits per heavy atom. The van der Waals surface area contributed by atoms with Gasteiger partial charge in [-0.3, -0.25) is 4.79 Å². The summed E-state index contributed by atoms with van der Waals surface area (Å²) in [5.74, 6) is 0.866. The lowest BCUT2D eigenvalue weighted by molar-refractivity contribution is -0.147. The molecule has 1 saturated carbocycles. The molecule has 1 fully saturated rings. The van der Waals surface area contributed by atoms with Gasteiger partial charge in [-0.25, -0.2) is 0 Å². The molecule has 1 rings (SSSR count). The van der Waals surface area contributed by atoms with Gasteiger partial charge in [0, 0.05) is 0 Å². The van der Waals surface area contributed by atoms with Crippen LogP contribution < -0.4 is 0 Å². The van der Waals surface area contributed by atoms with Gasteiger partial charge in [-0.1, -0.05) is 39.5 Å². The van der Waals surface area contributed by atoms with E-state index in [-0.39, 0.29) is 11.9 Å². The molecule has 0 N–H and O–H groups in total. The van der Waals surface area contributed by atoms with Crippen LogP contribution in [0.5, 0.6) is 0 Å². The fourth-order valence-corrected chi connectivity index (χ4v) is 2.01. The fourth-order valence-electron chi connectivity index (χ4n) is 2.01. The van der Waals surface area contributed by atoms with Crippen molar-refractivity contribution in [1.29, 1.82) is 0 Å². The number of ether oxygens (including phenoxy) is 1. The molecule has 0 amide bonds. The maximum atomic E-state index is 11.1. The van der Waals surface area contributed by atoms with Crippen LogP contribution >= 0.6 is 0 Å². The first-order valence-corrected chi connectivity index (χ1v) is 5.87. The molecule has 0 heterocycles. The van der Waals surface area contributed by atoms with Crippen LogP contribution in [0.4, 0.5) is 0 Å². The molecule has 0 aromatic rings. The van der Waals surface area contributed by atoms with E-state index in [0.29, 0.717) is 6.61 Å². The zero-order valence-electron chi connectivity index (χ0n) is 9.42. The topological polar surface area (TPSA) is 26.3 Å². The van der Waals surface area contributed by atoms with E-state index in [2.05, 4.69) is 0 Å². The summed E-state index contributed by atoms with van der Waals surface area (Å²) in [5, 5.41) is 0. The van der Waals surface area contributed by atoms with Crippen molar-refractivity contribution in [3.63, 3.8) is 0 Å². The highest BCUT2D eigenvalue weighted by molar-refractivity contribution is 5.71. The number of esters is 1. The quantitative estimate of drug-likeness (QED) is 0.501. The van der Waals surface area contributed by atoms with Gasteiger partial charge in [-0.2, -0.15) is 0 Å². The van der Waals surface area contributed by atoms with Crippen LogP contribution in [0.3, 0.4) is 0 Å². The molecular weight excluding hydrogens is 176 g/mol. The van der Waals surface area contributed by atoms with Crippen molar-refractivity contribution < 1.29 is 9.53 Å². The third-order valence-corrected chi connectivity index (χ3v) is 2.95. The first kappa shape index (κ1) is 11.5. The van der Waals surface area contributed by atoms with Gasteiger partial charge in [-0.15, -0.1) is 0 Å². The first-order chi connectivity index (χ1) is 6.70. The molecule has 0 aromatic heterocycles. The Hall–Kier alpha value is -0.530. The van der Waals surface area contributed by atoms with Crippen LogP contribution in [0.1, 0.15) is 52.4 Å². The van der Waals surface area contributed by atoms with Gasteiger partial charge in [0.25, 0.3) is 0 Å². The molecule has 0 aromatic carbocycles. The molecule has 0 saturated heterocycles. The Balaban J connectivity index is 1.96. The average Bonchev–Trinajstić information content (AvgIpc) is 2.64. The van der Waals surface area contributed by atoms with Crippen molar-refractivity contribution in [2.45, 2.75) is 52.4 Å². The lowest BCUT2D eigenvalue weighted by Crippen LogP contribution is -2.12. The van der Waals surface area contributed by atoms with E-state index in [0.717, 1.165) is 12.3 Å². The second-order valence-electron chi connectivity index (χ2n) is 4.61. The summed E-state index contributed by atoms with van der Waals surface area (Å²) in [4.78, 5) is 11.1. The van der Waals surface area contributed by atoms with Crippen LogP contribution in [0.25, 0.3) is 0 Å². The molecule has 0 radical (unpaired) electrons. The predicted molar refractivity (Wildman–Crippen MR) is 57.0 cm³/mol. The largest absolute Gasteiger partial charge is 0.465 e. The molecule has 2 heteroatoms. The molecule has 0 aliphatic heterocycles. The summed E-state index contributed by atoms with van der Waals surface area (Å²) in [6, 6.07) is 0. The van der Waals surface area contributed by atoms with Crippen molar-refractivity contribution in [1.82, 2.24) is 0 Å². The Morgan fingerprint density at radius 2 is 2.00 bits per heavy atom. The van der Waals surface area contributed by atoms with E-state index < -0.39 is 0 Å². The Kier molecular flexibility index (Phi) is 4.99. The summed E-state index contributed by atoms with van der Waals surface area (Å²) >= 11 is 0. The normalized spacial score (nSPS) is 17.6. The number of carbonyl (C=O) groups is 1. The van der Waals surface area contributed by atoms with Crippen LogP contribution in [-0.4, -0.2) is 12.6 Å². The first-order valence-electron chi connectivity index (χ1n) is 5.87. The Labute approximate surface area is 87.0 Å². The van der Waals surface area contributed by atoms with Gasteiger partial charge in [-0.05, 0) is 18.8 Å². The maximum Gasteiger partial charge on any atom is 0.308 e. The second kappa shape index (κ2) is 6.05. The highest BCUT2D eigenvalue weighted by Crippen LogP contribution is 2.28. The lowest BCUT2D eigenvalue weighted by atomic mass is 10.0. The average molecular weight is 198 g/mol. The minimum atomic E-state index is -0.0589. The molecule has 82 valence electrons. The highest BCUT2D eigenvalue weighted by atomic mass is 16.5. The van der Waals surface area contributed by atoms with E-state index in [9.17, 15) is 4.79 Å². The highest BCUT2D eigenvalue weighted by Gasteiger charge is 2.14. The maximum absolute atomic E-state index is 11.1. The summed E-state index contributed by atoms with van der Waals surface area (Å²) in [6.45, 7) is 4.37. The Bertz CT molecular complexity index is 169. The monoisotopic (exact) mass is 198 g/mol. The van der Waals surface area contributed by atoms with Crippen LogP contribution in [0.15, 0.2) is 0 Å². The molecule has 0 atom stereocenters. The molecule has 1 aliphatic carbocycles. The lowest BCUT2D eigenvalue weighted by Gasteiger charge is -2.09. The zero-order chi connectivity index (χ0) is 10.4. The molecular formula is C12H22O2. The van der Waals surface area contributed by atoms with E-state index >= 15 is 0 Å². The summed E-state index contributed by atoms with van der Waals surface area (Å²) in [7, 11) is 0. The number of hydrogen-bond donors (Lipinski definition) is 0. The van der Waals surface area contributed by atoms with Crippen LogP contribution in [0, 0.1) is 11.8 Å². The summed E-state index contributed by atoms with van der Waals surface area (Å²) < 4.78 is 5.12. The van der Waals surface area contributed by atoms with Crippen molar-refractivity contribution in [3.8, 4) is 0 Å². The van der Waals surface area contributed by atoms with Gasteiger partial charge in [0.15, 0.2) is 0 Å². The van der Waals surface area contributed by atoms with Crippen molar-refractivity contribution in [2.75, 3.05) is 6.61 Å². The van der Waals surface area contributed by atoms with Crippen LogP contribution in [-0.2, 0) is 9.53 Å². The number of rotatable bonds is 5. The summed E-state index contributed by atoms with van der Waals surface area (Å²) in [5.41, 5.74) is 0. The molecule has 0 spiro atoms. The van der Waals surface area contributed by atoms with E-state index in [1.807, 2.05) is 13.8 Å². The smallest absolute Gasteiger partial charge is 0.308 e. The van der Waals surface area contributed by atoms with Gasteiger partial charge >= 0.3 is 5.97 Å². The predicted octanol–water partition coefficient (Wildman–Crippen LogP) is 3.16. The third-order valence-electron chi connectivity index (χ3n) is 2.95. The molecule has 0 unspecified atom stereocenters. The zero-order valence-corrected chi connectivity index (χ0v) is 9.42. The van der Waals surface area contributed by atoms with E-state index in [1.165, 1.54) is 32.1 Å². The molecule has 14 heavy (non-hydrogen) atoms. The number of hydrogen-bond acceptors (Lipinski definition) is 2. The van der Waals surface area contributed by atoms with Gasteiger partial charge in [0.05, 0.1) is 12.5 Å². The fraction of sp³-hybridized carbons (Fsp3) is 0.917. The Morgan fingerprint density at radius 3 is 2.57 bits per heavy atom. The second-order valence-corrected chi connectivity index (χ2v) is 4.61. The SMILES string of the molecule is CC(C)C(=O)OCCCC1CCCC1. The van der Waals surface area contributed by atoms with Gasteiger partial charge < -0.3 is 4.74 Å². The summed E-state index contributed by atoms with van der Waals surface area (Å²) in [6.07, 6.45) is 7.86.